The fourth-order valence-electron chi connectivity index (χ4n) is 2.14. The topological polar surface area (TPSA) is 56.1 Å². The third-order valence-corrected chi connectivity index (χ3v) is 3.29. The number of hydrogen-bond donors (Lipinski definition) is 1. The molecule has 1 aromatic carbocycles. The van der Waals surface area contributed by atoms with E-state index in [1.165, 1.54) is 0 Å². The van der Waals surface area contributed by atoms with Gasteiger partial charge < -0.3 is 10.1 Å². The van der Waals surface area contributed by atoms with Gasteiger partial charge in [-0.2, -0.15) is 5.10 Å². The van der Waals surface area contributed by atoms with Gasteiger partial charge in [-0.05, 0) is 17.9 Å². The molecule has 23 heavy (non-hydrogen) atoms. The smallest absolute Gasteiger partial charge is 0.254 e. The molecule has 2 aromatic rings. The molecule has 0 aliphatic carbocycles. The molecule has 124 valence electrons. The number of ether oxygens (including phenoxy) is 1. The van der Waals surface area contributed by atoms with Crippen molar-refractivity contribution in [2.45, 2.75) is 26.8 Å². The van der Waals surface area contributed by atoms with Crippen molar-refractivity contribution in [1.29, 1.82) is 0 Å². The lowest BCUT2D eigenvalue weighted by atomic mass is 10.2. The highest BCUT2D eigenvalue weighted by Crippen LogP contribution is 2.04. The molecule has 0 saturated heterocycles. The fourth-order valence-corrected chi connectivity index (χ4v) is 2.14. The highest BCUT2D eigenvalue weighted by molar-refractivity contribution is 5.93. The van der Waals surface area contributed by atoms with E-state index in [0.717, 1.165) is 18.6 Å². The van der Waals surface area contributed by atoms with E-state index in [1.807, 2.05) is 30.3 Å². The van der Waals surface area contributed by atoms with Crippen molar-refractivity contribution in [2.24, 2.45) is 5.92 Å². The predicted molar refractivity (Wildman–Crippen MR) is 90.4 cm³/mol. The highest BCUT2D eigenvalue weighted by Gasteiger charge is 2.08. The number of nitrogens with one attached hydrogen (secondary N) is 1. The zero-order valence-corrected chi connectivity index (χ0v) is 13.9. The highest BCUT2D eigenvalue weighted by atomic mass is 16.5. The first kappa shape index (κ1) is 17.2. The molecular weight excluding hydrogens is 290 g/mol. The minimum absolute atomic E-state index is 0.0897. The van der Waals surface area contributed by atoms with Gasteiger partial charge in [0.25, 0.3) is 5.91 Å². The Balaban J connectivity index is 1.71. The number of aromatic nitrogens is 2. The first-order valence-corrected chi connectivity index (χ1v) is 8.07. The number of benzene rings is 1. The van der Waals surface area contributed by atoms with E-state index in [4.69, 9.17) is 4.74 Å². The summed E-state index contributed by atoms with van der Waals surface area (Å²) in [6.07, 6.45) is 4.20. The molecule has 0 saturated carbocycles. The van der Waals surface area contributed by atoms with E-state index in [1.54, 1.807) is 17.1 Å². The third-order valence-electron chi connectivity index (χ3n) is 3.29. The maximum Gasteiger partial charge on any atom is 0.254 e. The van der Waals surface area contributed by atoms with E-state index < -0.39 is 0 Å². The second-order valence-electron chi connectivity index (χ2n) is 5.99. The molecule has 0 radical (unpaired) electrons. The average Bonchev–Trinajstić information content (AvgIpc) is 3.00. The van der Waals surface area contributed by atoms with Gasteiger partial charge in [0.2, 0.25) is 0 Å². The average molecular weight is 315 g/mol. The standard InChI is InChI=1S/C18H25N3O2/c1-15(2)14-23-10-6-9-19-18(22)17-11-20-21(13-17)12-16-7-4-3-5-8-16/h3-5,7-8,11,13,15H,6,9-10,12,14H2,1-2H3,(H,19,22). The first-order chi connectivity index (χ1) is 11.1. The molecule has 1 aromatic heterocycles. The van der Waals surface area contributed by atoms with Crippen LogP contribution in [0.1, 0.15) is 36.2 Å². The maximum atomic E-state index is 12.0. The second-order valence-corrected chi connectivity index (χ2v) is 5.99. The summed E-state index contributed by atoms with van der Waals surface area (Å²) < 4.78 is 7.26. The molecule has 0 aliphatic heterocycles. The van der Waals surface area contributed by atoms with E-state index in [2.05, 4.69) is 24.3 Å². The van der Waals surface area contributed by atoms with Crippen LogP contribution in [0.15, 0.2) is 42.7 Å². The zero-order chi connectivity index (χ0) is 16.5. The summed E-state index contributed by atoms with van der Waals surface area (Å²) >= 11 is 0. The molecule has 5 heteroatoms. The van der Waals surface area contributed by atoms with Crippen molar-refractivity contribution in [3.05, 3.63) is 53.9 Å². The number of carbonyl (C=O) groups excluding carboxylic acids is 1. The van der Waals surface area contributed by atoms with Gasteiger partial charge in [0, 0.05) is 26.0 Å². The summed E-state index contributed by atoms with van der Waals surface area (Å²) in [5.74, 6) is 0.452. The fraction of sp³-hybridized carbons (Fsp3) is 0.444. The molecule has 0 bridgehead atoms. The Morgan fingerprint density at radius 1 is 1.30 bits per heavy atom. The molecule has 0 atom stereocenters. The lowest BCUT2D eigenvalue weighted by molar-refractivity contribution is 0.0925. The van der Waals surface area contributed by atoms with E-state index >= 15 is 0 Å². The van der Waals surface area contributed by atoms with Crippen LogP contribution in [-0.4, -0.2) is 35.4 Å². The monoisotopic (exact) mass is 315 g/mol. The van der Waals surface area contributed by atoms with Crippen molar-refractivity contribution in [3.8, 4) is 0 Å². The number of rotatable bonds is 9. The van der Waals surface area contributed by atoms with Gasteiger partial charge in [-0.3, -0.25) is 9.48 Å². The summed E-state index contributed by atoms with van der Waals surface area (Å²) in [5.41, 5.74) is 1.74. The molecule has 0 unspecified atom stereocenters. The molecule has 2 rings (SSSR count). The van der Waals surface area contributed by atoms with Gasteiger partial charge in [0.15, 0.2) is 0 Å². The van der Waals surface area contributed by atoms with Gasteiger partial charge in [-0.25, -0.2) is 0 Å². The van der Waals surface area contributed by atoms with Crippen LogP contribution in [0.25, 0.3) is 0 Å². The van der Waals surface area contributed by atoms with Crippen molar-refractivity contribution < 1.29 is 9.53 Å². The summed E-state index contributed by atoms with van der Waals surface area (Å²) in [6.45, 7) is 6.95. The maximum absolute atomic E-state index is 12.0. The Labute approximate surface area is 137 Å². The van der Waals surface area contributed by atoms with Crippen molar-refractivity contribution >= 4 is 5.91 Å². The Kier molecular flexibility index (Phi) is 6.81. The van der Waals surface area contributed by atoms with Crippen LogP contribution in [0.4, 0.5) is 0 Å². The quantitative estimate of drug-likeness (QED) is 0.724. The molecule has 0 spiro atoms. The van der Waals surface area contributed by atoms with Crippen LogP contribution in [0, 0.1) is 5.92 Å². The largest absolute Gasteiger partial charge is 0.381 e. The van der Waals surface area contributed by atoms with Crippen LogP contribution < -0.4 is 5.32 Å². The summed E-state index contributed by atoms with van der Waals surface area (Å²) in [4.78, 5) is 12.0. The lowest BCUT2D eigenvalue weighted by Crippen LogP contribution is -2.25. The van der Waals surface area contributed by atoms with Crippen LogP contribution in [0.3, 0.4) is 0 Å². The molecule has 1 heterocycles. The van der Waals surface area contributed by atoms with Gasteiger partial charge in [0.05, 0.1) is 18.3 Å². The molecule has 0 aliphatic rings. The summed E-state index contributed by atoms with van der Waals surface area (Å²) in [7, 11) is 0. The van der Waals surface area contributed by atoms with Crippen molar-refractivity contribution in [1.82, 2.24) is 15.1 Å². The Morgan fingerprint density at radius 2 is 2.09 bits per heavy atom. The normalized spacial score (nSPS) is 10.9. The molecule has 1 amide bonds. The van der Waals surface area contributed by atoms with Crippen LogP contribution >= 0.6 is 0 Å². The summed E-state index contributed by atoms with van der Waals surface area (Å²) in [6, 6.07) is 10.1. The van der Waals surface area contributed by atoms with E-state index in [-0.39, 0.29) is 5.91 Å². The third kappa shape index (κ3) is 6.24. The number of nitrogens with zero attached hydrogens (tertiary/aromatic N) is 2. The Hall–Kier alpha value is -2.14. The van der Waals surface area contributed by atoms with Gasteiger partial charge in [0.1, 0.15) is 0 Å². The first-order valence-electron chi connectivity index (χ1n) is 8.07. The predicted octanol–water partition coefficient (Wildman–Crippen LogP) is 2.72. The van der Waals surface area contributed by atoms with Gasteiger partial charge in [-0.1, -0.05) is 44.2 Å². The van der Waals surface area contributed by atoms with Crippen LogP contribution in [-0.2, 0) is 11.3 Å². The number of amides is 1. The lowest BCUT2D eigenvalue weighted by Gasteiger charge is -2.07. The Morgan fingerprint density at radius 3 is 2.83 bits per heavy atom. The molecule has 5 nitrogen and oxygen atoms in total. The van der Waals surface area contributed by atoms with Crippen LogP contribution in [0.2, 0.25) is 0 Å². The van der Waals surface area contributed by atoms with E-state index in [9.17, 15) is 4.79 Å². The molecule has 0 fully saturated rings. The number of carbonyl (C=O) groups is 1. The van der Waals surface area contributed by atoms with Crippen LogP contribution in [0.5, 0.6) is 0 Å². The minimum Gasteiger partial charge on any atom is -0.381 e. The van der Waals surface area contributed by atoms with Gasteiger partial charge in [-0.15, -0.1) is 0 Å². The Bertz CT molecular complexity index is 593. The number of hydrogen-bond acceptors (Lipinski definition) is 3. The molecular formula is C18H25N3O2. The van der Waals surface area contributed by atoms with Crippen molar-refractivity contribution in [2.75, 3.05) is 19.8 Å². The van der Waals surface area contributed by atoms with Gasteiger partial charge >= 0.3 is 0 Å². The molecule has 1 N–H and O–H groups in total. The second kappa shape index (κ2) is 9.10. The minimum atomic E-state index is -0.0897. The summed E-state index contributed by atoms with van der Waals surface area (Å²) in [5, 5.41) is 7.13. The van der Waals surface area contributed by atoms with Crippen molar-refractivity contribution in [3.63, 3.8) is 0 Å². The SMILES string of the molecule is CC(C)COCCCNC(=O)c1cnn(Cc2ccccc2)c1. The zero-order valence-electron chi connectivity index (χ0n) is 13.9. The van der Waals surface area contributed by atoms with E-state index in [0.29, 0.717) is 31.2 Å².